The maximum Gasteiger partial charge on any atom is 0.309 e. The van der Waals surface area contributed by atoms with E-state index in [0.717, 1.165) is 12.3 Å². The summed E-state index contributed by atoms with van der Waals surface area (Å²) in [6.07, 6.45) is 3.78. The van der Waals surface area contributed by atoms with Crippen LogP contribution in [0.5, 0.6) is 0 Å². The van der Waals surface area contributed by atoms with Crippen LogP contribution in [0.2, 0.25) is 0 Å². The van der Waals surface area contributed by atoms with Gasteiger partial charge in [0.1, 0.15) is 6.10 Å². The van der Waals surface area contributed by atoms with Crippen molar-refractivity contribution in [1.82, 2.24) is 0 Å². The van der Waals surface area contributed by atoms with Crippen molar-refractivity contribution in [3.63, 3.8) is 0 Å². The Bertz CT molecular complexity index is 200. The van der Waals surface area contributed by atoms with Crippen LogP contribution in [0.4, 0.5) is 0 Å². The molecular formula is C10H16O2. The topological polar surface area (TPSA) is 26.3 Å². The van der Waals surface area contributed by atoms with Gasteiger partial charge in [-0.25, -0.2) is 0 Å². The molecule has 0 bridgehead atoms. The Labute approximate surface area is 73.3 Å². The quantitative estimate of drug-likeness (QED) is 0.517. The van der Waals surface area contributed by atoms with E-state index >= 15 is 0 Å². The summed E-state index contributed by atoms with van der Waals surface area (Å²) in [6, 6.07) is 0. The van der Waals surface area contributed by atoms with Crippen LogP contribution in [0.25, 0.3) is 0 Å². The van der Waals surface area contributed by atoms with Crippen LogP contribution >= 0.6 is 0 Å². The largest absolute Gasteiger partial charge is 0.462 e. The fraction of sp³-hybridized carbons (Fsp3) is 0.900. The first-order valence-corrected chi connectivity index (χ1v) is 4.89. The number of hydrogen-bond acceptors (Lipinski definition) is 2. The Morgan fingerprint density at radius 1 is 1.33 bits per heavy atom. The van der Waals surface area contributed by atoms with E-state index in [9.17, 15) is 4.79 Å². The van der Waals surface area contributed by atoms with Crippen molar-refractivity contribution in [3.8, 4) is 0 Å². The molecule has 0 N–H and O–H groups in total. The highest BCUT2D eigenvalue weighted by molar-refractivity contribution is 5.74. The molecule has 1 saturated carbocycles. The first kappa shape index (κ1) is 8.09. The first-order valence-electron chi connectivity index (χ1n) is 4.89. The van der Waals surface area contributed by atoms with Gasteiger partial charge in [0.15, 0.2) is 0 Å². The van der Waals surface area contributed by atoms with E-state index in [1.807, 2.05) is 6.92 Å². The molecule has 2 aliphatic rings. The average molecular weight is 168 g/mol. The van der Waals surface area contributed by atoms with Crippen LogP contribution in [0.1, 0.15) is 33.1 Å². The number of esters is 1. The number of rotatable bonds is 0. The highest BCUT2D eigenvalue weighted by Crippen LogP contribution is 2.40. The molecule has 0 aromatic rings. The molecule has 0 amide bonds. The van der Waals surface area contributed by atoms with Gasteiger partial charge in [0.25, 0.3) is 0 Å². The fourth-order valence-corrected chi connectivity index (χ4v) is 2.49. The van der Waals surface area contributed by atoms with Gasteiger partial charge < -0.3 is 4.74 Å². The van der Waals surface area contributed by atoms with Crippen molar-refractivity contribution in [2.45, 2.75) is 39.2 Å². The lowest BCUT2D eigenvalue weighted by molar-refractivity contribution is -0.144. The van der Waals surface area contributed by atoms with E-state index in [-0.39, 0.29) is 18.0 Å². The van der Waals surface area contributed by atoms with Crippen molar-refractivity contribution in [1.29, 1.82) is 0 Å². The van der Waals surface area contributed by atoms with Gasteiger partial charge in [0.05, 0.1) is 5.92 Å². The van der Waals surface area contributed by atoms with Crippen LogP contribution in [0, 0.1) is 17.8 Å². The summed E-state index contributed by atoms with van der Waals surface area (Å²) >= 11 is 0. The molecular weight excluding hydrogens is 152 g/mol. The summed E-state index contributed by atoms with van der Waals surface area (Å²) in [4.78, 5) is 11.2. The van der Waals surface area contributed by atoms with Gasteiger partial charge in [-0.2, -0.15) is 0 Å². The van der Waals surface area contributed by atoms with Crippen LogP contribution in [-0.4, -0.2) is 12.1 Å². The third-order valence-electron chi connectivity index (χ3n) is 3.39. The highest BCUT2D eigenvalue weighted by Gasteiger charge is 2.43. The molecule has 0 unspecified atom stereocenters. The van der Waals surface area contributed by atoms with Crippen LogP contribution in [0.3, 0.4) is 0 Å². The second-order valence-electron chi connectivity index (χ2n) is 4.35. The molecule has 4 atom stereocenters. The number of carbonyl (C=O) groups excluding carboxylic acids is 1. The summed E-state index contributed by atoms with van der Waals surface area (Å²) in [5.74, 6) is 1.44. The summed E-state index contributed by atoms with van der Waals surface area (Å²) in [6.45, 7) is 4.25. The number of fused-ring (bicyclic) bond motifs is 1. The van der Waals surface area contributed by atoms with E-state index in [0.29, 0.717) is 5.92 Å². The highest BCUT2D eigenvalue weighted by atomic mass is 16.6. The second-order valence-corrected chi connectivity index (χ2v) is 4.35. The summed E-state index contributed by atoms with van der Waals surface area (Å²) in [7, 11) is 0. The average Bonchev–Trinajstić information content (AvgIpc) is 2.28. The minimum atomic E-state index is 0.0269. The predicted molar refractivity (Wildman–Crippen MR) is 45.5 cm³/mol. The van der Waals surface area contributed by atoms with Crippen molar-refractivity contribution < 1.29 is 9.53 Å². The van der Waals surface area contributed by atoms with E-state index in [1.165, 1.54) is 12.8 Å². The van der Waals surface area contributed by atoms with Crippen molar-refractivity contribution >= 4 is 5.97 Å². The molecule has 0 radical (unpaired) electrons. The van der Waals surface area contributed by atoms with Gasteiger partial charge in [-0.15, -0.1) is 0 Å². The molecule has 2 fully saturated rings. The second kappa shape index (κ2) is 2.75. The standard InChI is InChI=1S/C10H16O2/c1-6-3-4-8-7(2)10(11)12-9(8)5-6/h6-9H,3-5H2,1-2H3/t6-,7+,8-,9+/m0/s1. The van der Waals surface area contributed by atoms with Crippen LogP contribution in [-0.2, 0) is 9.53 Å². The minimum absolute atomic E-state index is 0.0269. The van der Waals surface area contributed by atoms with Gasteiger partial charge >= 0.3 is 5.97 Å². The molecule has 68 valence electrons. The number of ether oxygens (including phenoxy) is 1. The predicted octanol–water partition coefficient (Wildman–Crippen LogP) is 1.98. The number of carbonyl (C=O) groups is 1. The monoisotopic (exact) mass is 168 g/mol. The zero-order chi connectivity index (χ0) is 8.72. The normalized spacial score (nSPS) is 47.0. The van der Waals surface area contributed by atoms with Gasteiger partial charge in [0, 0.05) is 5.92 Å². The lowest BCUT2D eigenvalue weighted by Crippen LogP contribution is -2.27. The number of hydrogen-bond donors (Lipinski definition) is 0. The van der Waals surface area contributed by atoms with Crippen molar-refractivity contribution in [2.24, 2.45) is 17.8 Å². The summed E-state index contributed by atoms with van der Waals surface area (Å²) in [5.41, 5.74) is 0. The minimum Gasteiger partial charge on any atom is -0.462 e. The van der Waals surface area contributed by atoms with Crippen molar-refractivity contribution in [2.75, 3.05) is 0 Å². The summed E-state index contributed by atoms with van der Waals surface area (Å²) in [5, 5.41) is 0. The third-order valence-corrected chi connectivity index (χ3v) is 3.39. The molecule has 2 rings (SSSR count). The van der Waals surface area contributed by atoms with E-state index in [2.05, 4.69) is 6.92 Å². The first-order chi connectivity index (χ1) is 5.68. The van der Waals surface area contributed by atoms with E-state index in [4.69, 9.17) is 4.74 Å². The zero-order valence-electron chi connectivity index (χ0n) is 7.75. The maximum absolute atomic E-state index is 11.2. The molecule has 0 aromatic carbocycles. The van der Waals surface area contributed by atoms with Gasteiger partial charge in [-0.3, -0.25) is 4.79 Å². The van der Waals surface area contributed by atoms with Gasteiger partial charge in [0.2, 0.25) is 0 Å². The Morgan fingerprint density at radius 2 is 2.08 bits per heavy atom. The van der Waals surface area contributed by atoms with E-state index in [1.54, 1.807) is 0 Å². The maximum atomic E-state index is 11.2. The molecule has 2 nitrogen and oxygen atoms in total. The molecule has 1 aliphatic carbocycles. The van der Waals surface area contributed by atoms with Crippen LogP contribution < -0.4 is 0 Å². The Hall–Kier alpha value is -0.530. The smallest absolute Gasteiger partial charge is 0.309 e. The zero-order valence-corrected chi connectivity index (χ0v) is 7.75. The van der Waals surface area contributed by atoms with Gasteiger partial charge in [-0.1, -0.05) is 20.3 Å². The summed E-state index contributed by atoms with van der Waals surface area (Å²) < 4.78 is 5.31. The molecule has 1 heterocycles. The van der Waals surface area contributed by atoms with Crippen molar-refractivity contribution in [3.05, 3.63) is 0 Å². The Morgan fingerprint density at radius 3 is 2.83 bits per heavy atom. The fourth-order valence-electron chi connectivity index (χ4n) is 2.49. The third kappa shape index (κ3) is 1.13. The lowest BCUT2D eigenvalue weighted by Gasteiger charge is -2.28. The molecule has 0 spiro atoms. The molecule has 12 heavy (non-hydrogen) atoms. The molecule has 0 aromatic heterocycles. The molecule has 1 aliphatic heterocycles. The SMILES string of the molecule is C[C@H]1CC[C@@H]2[C@@H](C1)OC(=O)[C@@H]2C. The van der Waals surface area contributed by atoms with E-state index < -0.39 is 0 Å². The molecule has 1 saturated heterocycles. The molecule has 2 heteroatoms. The van der Waals surface area contributed by atoms with Gasteiger partial charge in [-0.05, 0) is 18.8 Å². The van der Waals surface area contributed by atoms with Crippen LogP contribution in [0.15, 0.2) is 0 Å². The Kier molecular flexibility index (Phi) is 1.85. The lowest BCUT2D eigenvalue weighted by atomic mass is 9.77. The Balaban J connectivity index is 2.09.